The summed E-state index contributed by atoms with van der Waals surface area (Å²) >= 11 is 1.34. The third-order valence-corrected chi connectivity index (χ3v) is 4.50. The Balaban J connectivity index is 1.73. The van der Waals surface area contributed by atoms with Gasteiger partial charge in [-0.15, -0.1) is 11.3 Å². The van der Waals surface area contributed by atoms with Crippen molar-refractivity contribution in [3.05, 3.63) is 69.8 Å². The summed E-state index contributed by atoms with van der Waals surface area (Å²) in [5.74, 6) is -0.0901. The molecule has 1 aromatic carbocycles. The van der Waals surface area contributed by atoms with Crippen LogP contribution in [-0.4, -0.2) is 20.4 Å². The van der Waals surface area contributed by atoms with Gasteiger partial charge in [0.2, 0.25) is 0 Å². The molecule has 4 aromatic rings. The topological polar surface area (TPSA) is 89.5 Å². The van der Waals surface area contributed by atoms with E-state index in [1.165, 1.54) is 21.9 Å². The molecule has 0 fully saturated rings. The number of nitrogens with zero attached hydrogens (tertiary/aromatic N) is 3. The number of carbonyl (C=O) groups is 1. The second kappa shape index (κ2) is 5.99. The van der Waals surface area contributed by atoms with E-state index in [0.29, 0.717) is 22.0 Å². The number of hydrogen-bond acceptors (Lipinski definition) is 6. The van der Waals surface area contributed by atoms with Gasteiger partial charge in [-0.05, 0) is 6.92 Å². The molecule has 124 valence electrons. The van der Waals surface area contributed by atoms with Gasteiger partial charge in [0.15, 0.2) is 4.96 Å². The summed E-state index contributed by atoms with van der Waals surface area (Å²) in [5.41, 5.74) is 1.24. The Labute approximate surface area is 145 Å². The zero-order chi connectivity index (χ0) is 17.4. The van der Waals surface area contributed by atoms with E-state index in [4.69, 9.17) is 4.52 Å². The summed E-state index contributed by atoms with van der Waals surface area (Å²) in [6.45, 7) is 1.65. The smallest absolute Gasteiger partial charge is 0.282 e. The van der Waals surface area contributed by atoms with Crippen LogP contribution in [0.5, 0.6) is 0 Å². The van der Waals surface area contributed by atoms with Gasteiger partial charge < -0.3 is 9.84 Å². The van der Waals surface area contributed by atoms with Crippen molar-refractivity contribution in [1.82, 2.24) is 14.5 Å². The van der Waals surface area contributed by atoms with Crippen LogP contribution < -0.4 is 10.9 Å². The number of hydrogen-bond donors (Lipinski definition) is 1. The van der Waals surface area contributed by atoms with Crippen molar-refractivity contribution >= 4 is 27.9 Å². The van der Waals surface area contributed by atoms with Gasteiger partial charge in [-0.1, -0.05) is 35.5 Å². The first-order valence-electron chi connectivity index (χ1n) is 7.43. The monoisotopic (exact) mass is 352 g/mol. The number of fused-ring (bicyclic) bond motifs is 1. The summed E-state index contributed by atoms with van der Waals surface area (Å²) < 4.78 is 6.58. The molecular formula is C17H12N4O3S. The third kappa shape index (κ3) is 2.62. The van der Waals surface area contributed by atoms with Crippen LogP contribution in [0.1, 0.15) is 16.1 Å². The van der Waals surface area contributed by atoms with E-state index in [-0.39, 0.29) is 11.2 Å². The second-order valence-electron chi connectivity index (χ2n) is 5.32. The van der Waals surface area contributed by atoms with E-state index in [1.807, 2.05) is 30.3 Å². The van der Waals surface area contributed by atoms with Gasteiger partial charge in [0.25, 0.3) is 11.5 Å². The number of anilines is 1. The lowest BCUT2D eigenvalue weighted by molar-refractivity contribution is 0.102. The van der Waals surface area contributed by atoms with Crippen LogP contribution in [0.2, 0.25) is 0 Å². The first-order valence-corrected chi connectivity index (χ1v) is 8.31. The number of amides is 1. The van der Waals surface area contributed by atoms with Crippen LogP contribution in [0.3, 0.4) is 0 Å². The highest BCUT2D eigenvalue weighted by molar-refractivity contribution is 7.15. The molecule has 0 radical (unpaired) electrons. The minimum absolute atomic E-state index is 0.0977. The zero-order valence-electron chi connectivity index (χ0n) is 13.1. The van der Waals surface area contributed by atoms with Crippen LogP contribution >= 0.6 is 11.3 Å². The molecule has 3 heterocycles. The van der Waals surface area contributed by atoms with Gasteiger partial charge in [0, 0.05) is 17.1 Å². The quantitative estimate of drug-likeness (QED) is 0.612. The molecule has 0 bridgehead atoms. The van der Waals surface area contributed by atoms with Gasteiger partial charge in [-0.3, -0.25) is 14.0 Å². The molecule has 1 N–H and O–H groups in total. The zero-order valence-corrected chi connectivity index (χ0v) is 13.9. The maximum Gasteiger partial charge on any atom is 0.282 e. The van der Waals surface area contributed by atoms with Gasteiger partial charge in [-0.25, -0.2) is 4.98 Å². The minimum Gasteiger partial charge on any atom is -0.360 e. The molecule has 0 saturated carbocycles. The van der Waals surface area contributed by atoms with E-state index < -0.39 is 5.91 Å². The van der Waals surface area contributed by atoms with Crippen LogP contribution in [0.4, 0.5) is 5.69 Å². The summed E-state index contributed by atoms with van der Waals surface area (Å²) in [5, 5.41) is 8.35. The minimum atomic E-state index is -0.466. The Morgan fingerprint density at radius 2 is 2.08 bits per heavy atom. The van der Waals surface area contributed by atoms with Gasteiger partial charge in [0.1, 0.15) is 22.7 Å². The first kappa shape index (κ1) is 15.3. The lowest BCUT2D eigenvalue weighted by Gasteiger charge is -2.05. The largest absolute Gasteiger partial charge is 0.360 e. The van der Waals surface area contributed by atoms with E-state index in [0.717, 1.165) is 5.56 Å². The summed E-state index contributed by atoms with van der Waals surface area (Å²) in [7, 11) is 0. The van der Waals surface area contributed by atoms with Crippen LogP contribution in [0.25, 0.3) is 16.2 Å². The highest BCUT2D eigenvalue weighted by Crippen LogP contribution is 2.25. The summed E-state index contributed by atoms with van der Waals surface area (Å²) in [4.78, 5) is 29.9. The Kier molecular flexibility index (Phi) is 3.66. The number of benzene rings is 1. The average Bonchev–Trinajstić information content (AvgIpc) is 3.25. The molecule has 0 unspecified atom stereocenters. The SMILES string of the molecule is Cc1onc(-c2ccccc2)c1C(=O)Nc1cnc2sccn2c1=O. The van der Waals surface area contributed by atoms with E-state index in [1.54, 1.807) is 18.5 Å². The predicted molar refractivity (Wildman–Crippen MR) is 94.0 cm³/mol. The summed E-state index contributed by atoms with van der Waals surface area (Å²) in [6.07, 6.45) is 2.97. The van der Waals surface area contributed by atoms with Crippen LogP contribution in [-0.2, 0) is 0 Å². The number of nitrogens with one attached hydrogen (secondary N) is 1. The fraction of sp³-hybridized carbons (Fsp3) is 0.0588. The number of thiazole rings is 1. The molecule has 0 spiro atoms. The molecule has 1 amide bonds. The molecule has 0 aliphatic heterocycles. The molecule has 0 aliphatic carbocycles. The Hall–Kier alpha value is -3.26. The van der Waals surface area contributed by atoms with E-state index >= 15 is 0 Å². The van der Waals surface area contributed by atoms with Gasteiger partial charge in [-0.2, -0.15) is 0 Å². The van der Waals surface area contributed by atoms with Crippen LogP contribution in [0.15, 0.2) is 57.4 Å². The normalized spacial score (nSPS) is 10.9. The highest BCUT2D eigenvalue weighted by atomic mass is 32.1. The van der Waals surface area contributed by atoms with Crippen molar-refractivity contribution in [3.63, 3.8) is 0 Å². The molecule has 4 rings (SSSR count). The van der Waals surface area contributed by atoms with Crippen molar-refractivity contribution in [2.75, 3.05) is 5.32 Å². The molecule has 3 aromatic heterocycles. The molecule has 25 heavy (non-hydrogen) atoms. The highest BCUT2D eigenvalue weighted by Gasteiger charge is 2.22. The van der Waals surface area contributed by atoms with Crippen molar-refractivity contribution in [1.29, 1.82) is 0 Å². The predicted octanol–water partition coefficient (Wildman–Crippen LogP) is 2.97. The third-order valence-electron chi connectivity index (χ3n) is 3.73. The van der Waals surface area contributed by atoms with Crippen molar-refractivity contribution in [2.24, 2.45) is 0 Å². The van der Waals surface area contributed by atoms with Crippen molar-refractivity contribution in [2.45, 2.75) is 6.92 Å². The standard InChI is InChI=1S/C17H12N4O3S/c1-10-13(14(20-24-10)11-5-3-2-4-6-11)15(22)19-12-9-18-17-21(16(12)23)7-8-25-17/h2-9H,1H3,(H,19,22). The van der Waals surface area contributed by atoms with Gasteiger partial charge >= 0.3 is 0 Å². The first-order chi connectivity index (χ1) is 12.1. The van der Waals surface area contributed by atoms with E-state index in [9.17, 15) is 9.59 Å². The molecule has 0 aliphatic rings. The fourth-order valence-electron chi connectivity index (χ4n) is 2.53. The van der Waals surface area contributed by atoms with Crippen LogP contribution in [0, 0.1) is 6.92 Å². The number of aryl methyl sites for hydroxylation is 1. The number of aromatic nitrogens is 3. The van der Waals surface area contributed by atoms with Gasteiger partial charge in [0.05, 0.1) is 6.20 Å². The van der Waals surface area contributed by atoms with Crippen molar-refractivity contribution in [3.8, 4) is 11.3 Å². The second-order valence-corrected chi connectivity index (χ2v) is 6.19. The summed E-state index contributed by atoms with van der Waals surface area (Å²) in [6, 6.07) is 9.24. The van der Waals surface area contributed by atoms with Crippen molar-refractivity contribution < 1.29 is 9.32 Å². The lowest BCUT2D eigenvalue weighted by Crippen LogP contribution is -2.22. The number of rotatable bonds is 3. The lowest BCUT2D eigenvalue weighted by atomic mass is 10.1. The Morgan fingerprint density at radius 1 is 1.28 bits per heavy atom. The molecule has 8 heteroatoms. The average molecular weight is 352 g/mol. The molecule has 7 nitrogen and oxygen atoms in total. The fourth-order valence-corrected chi connectivity index (χ4v) is 3.20. The molecular weight excluding hydrogens is 340 g/mol. The Bertz CT molecular complexity index is 1130. The molecule has 0 saturated heterocycles. The Morgan fingerprint density at radius 3 is 2.88 bits per heavy atom. The molecule has 0 atom stereocenters. The van der Waals surface area contributed by atoms with E-state index in [2.05, 4.69) is 15.5 Å². The maximum atomic E-state index is 12.7. The maximum absolute atomic E-state index is 12.7. The number of carbonyl (C=O) groups excluding carboxylic acids is 1.